The fraction of sp³-hybridized carbons (Fsp3) is 0.571. The zero-order valence-electron chi connectivity index (χ0n) is 12.0. The second-order valence-electron chi connectivity index (χ2n) is 5.00. The summed E-state index contributed by atoms with van der Waals surface area (Å²) in [6, 6.07) is 5.29. The average molecular weight is 314 g/mol. The summed E-state index contributed by atoms with van der Waals surface area (Å²) in [6.07, 6.45) is 1.81. The highest BCUT2D eigenvalue weighted by Gasteiger charge is 2.20. The Bertz CT molecular complexity index is 558. The van der Waals surface area contributed by atoms with Gasteiger partial charge in [0.25, 0.3) is 0 Å². The van der Waals surface area contributed by atoms with E-state index in [4.69, 9.17) is 0 Å². The van der Waals surface area contributed by atoms with Crippen molar-refractivity contribution < 1.29 is 8.42 Å². The number of anilines is 1. The van der Waals surface area contributed by atoms with Crippen LogP contribution in [-0.4, -0.2) is 32.5 Å². The summed E-state index contributed by atoms with van der Waals surface area (Å²) in [7, 11) is -3.42. The van der Waals surface area contributed by atoms with Gasteiger partial charge in [0, 0.05) is 18.3 Å². The first-order valence-electron chi connectivity index (χ1n) is 7.00. The van der Waals surface area contributed by atoms with E-state index in [1.54, 1.807) is 12.1 Å². The molecule has 1 atom stereocenters. The molecule has 0 spiro atoms. The molecule has 1 aromatic carbocycles. The maximum Gasteiger partial charge on any atom is 0.240 e. The van der Waals surface area contributed by atoms with Gasteiger partial charge in [-0.25, -0.2) is 13.1 Å². The van der Waals surface area contributed by atoms with E-state index in [0.717, 1.165) is 36.6 Å². The van der Waals surface area contributed by atoms with Crippen LogP contribution in [0.1, 0.15) is 25.8 Å². The second kappa shape index (κ2) is 6.83. The predicted molar refractivity (Wildman–Crippen MR) is 86.0 cm³/mol. The topological polar surface area (TPSA) is 58.2 Å². The lowest BCUT2D eigenvalue weighted by atomic mass is 10.2. The number of thioether (sulfide) groups is 1. The van der Waals surface area contributed by atoms with E-state index in [1.165, 1.54) is 5.56 Å². The van der Waals surface area contributed by atoms with Crippen LogP contribution >= 0.6 is 11.8 Å². The molecule has 0 aliphatic carbocycles. The van der Waals surface area contributed by atoms with E-state index in [1.807, 2.05) is 24.8 Å². The van der Waals surface area contributed by atoms with Crippen LogP contribution in [-0.2, 0) is 16.4 Å². The van der Waals surface area contributed by atoms with Gasteiger partial charge in [-0.05, 0) is 49.0 Å². The molecule has 112 valence electrons. The van der Waals surface area contributed by atoms with Gasteiger partial charge >= 0.3 is 0 Å². The fourth-order valence-corrected chi connectivity index (χ4v) is 4.35. The van der Waals surface area contributed by atoms with Gasteiger partial charge in [0.2, 0.25) is 10.0 Å². The minimum atomic E-state index is -3.42. The Morgan fingerprint density at radius 1 is 1.45 bits per heavy atom. The van der Waals surface area contributed by atoms with Crippen LogP contribution in [0.25, 0.3) is 0 Å². The molecule has 0 aromatic heterocycles. The van der Waals surface area contributed by atoms with E-state index in [9.17, 15) is 8.42 Å². The molecule has 1 unspecified atom stereocenters. The lowest BCUT2D eigenvalue weighted by Crippen LogP contribution is -2.33. The highest BCUT2D eigenvalue weighted by Crippen LogP contribution is 2.25. The average Bonchev–Trinajstić information content (AvgIpc) is 2.85. The third kappa shape index (κ3) is 3.90. The third-order valence-corrected chi connectivity index (χ3v) is 5.88. The van der Waals surface area contributed by atoms with E-state index in [2.05, 4.69) is 17.0 Å². The van der Waals surface area contributed by atoms with Gasteiger partial charge in [0.15, 0.2) is 0 Å². The maximum absolute atomic E-state index is 12.3. The molecule has 4 nitrogen and oxygen atoms in total. The summed E-state index contributed by atoms with van der Waals surface area (Å²) in [5, 5.41) is 3.21. The smallest absolute Gasteiger partial charge is 0.240 e. The number of nitrogens with one attached hydrogen (secondary N) is 2. The molecular weight excluding hydrogens is 292 g/mol. The number of fused-ring (bicyclic) bond motifs is 1. The lowest BCUT2D eigenvalue weighted by Gasteiger charge is -2.14. The second-order valence-corrected chi connectivity index (χ2v) is 8.11. The van der Waals surface area contributed by atoms with Crippen molar-refractivity contribution >= 4 is 27.5 Å². The molecule has 0 saturated carbocycles. The first-order valence-corrected chi connectivity index (χ1v) is 9.63. The molecule has 6 heteroatoms. The molecule has 0 radical (unpaired) electrons. The summed E-state index contributed by atoms with van der Waals surface area (Å²) in [4.78, 5) is 0.348. The van der Waals surface area contributed by atoms with Crippen LogP contribution in [0.2, 0.25) is 0 Å². The molecule has 0 bridgehead atoms. The molecular formula is C14H22N2O2S2. The van der Waals surface area contributed by atoms with E-state index >= 15 is 0 Å². The number of hydrogen-bond donors (Lipinski definition) is 2. The number of rotatable bonds is 7. The zero-order valence-corrected chi connectivity index (χ0v) is 13.6. The molecule has 2 N–H and O–H groups in total. The van der Waals surface area contributed by atoms with Crippen molar-refractivity contribution in [3.05, 3.63) is 23.8 Å². The molecule has 0 fully saturated rings. The fourth-order valence-electron chi connectivity index (χ4n) is 2.23. The highest BCUT2D eigenvalue weighted by atomic mass is 32.2. The molecule has 2 rings (SSSR count). The van der Waals surface area contributed by atoms with E-state index < -0.39 is 10.0 Å². The van der Waals surface area contributed by atoms with Crippen LogP contribution in [0, 0.1) is 0 Å². The van der Waals surface area contributed by atoms with Crippen LogP contribution in [0.3, 0.4) is 0 Å². The first kappa shape index (κ1) is 15.7. The SMILES string of the molecule is CCSCCC(C)NS(=O)(=O)c1ccc2c(c1)NCC2. The van der Waals surface area contributed by atoms with E-state index in [-0.39, 0.29) is 6.04 Å². The number of sulfonamides is 1. The molecule has 0 amide bonds. The Hall–Kier alpha value is -0.720. The van der Waals surface area contributed by atoms with Crippen molar-refractivity contribution in [2.24, 2.45) is 0 Å². The Labute approximate surface area is 125 Å². The molecule has 20 heavy (non-hydrogen) atoms. The van der Waals surface area contributed by atoms with Crippen LogP contribution in [0.15, 0.2) is 23.1 Å². The standard InChI is InChI=1S/C14H22N2O2S2/c1-3-19-9-7-11(2)16-20(17,18)13-5-4-12-6-8-15-14(12)10-13/h4-5,10-11,15-16H,3,6-9H2,1-2H3. The van der Waals surface area contributed by atoms with E-state index in [0.29, 0.717) is 4.90 Å². The van der Waals surface area contributed by atoms with Crippen molar-refractivity contribution in [1.29, 1.82) is 0 Å². The number of hydrogen-bond acceptors (Lipinski definition) is 4. The zero-order chi connectivity index (χ0) is 14.6. The normalized spacial score (nSPS) is 15.7. The van der Waals surface area contributed by atoms with Crippen LogP contribution in [0.4, 0.5) is 5.69 Å². The summed E-state index contributed by atoms with van der Waals surface area (Å²) in [5.74, 6) is 2.04. The van der Waals surface area contributed by atoms with Crippen molar-refractivity contribution in [1.82, 2.24) is 4.72 Å². The Morgan fingerprint density at radius 2 is 2.25 bits per heavy atom. The summed E-state index contributed by atoms with van der Waals surface area (Å²) in [5.41, 5.74) is 2.14. The molecule has 1 aromatic rings. The lowest BCUT2D eigenvalue weighted by molar-refractivity contribution is 0.557. The van der Waals surface area contributed by atoms with Gasteiger partial charge in [-0.3, -0.25) is 0 Å². The van der Waals surface area contributed by atoms with Gasteiger partial charge in [0.1, 0.15) is 0 Å². The highest BCUT2D eigenvalue weighted by molar-refractivity contribution is 7.99. The molecule has 1 heterocycles. The molecule has 1 aliphatic heterocycles. The summed E-state index contributed by atoms with van der Waals surface area (Å²) < 4.78 is 27.4. The maximum atomic E-state index is 12.3. The van der Waals surface area contributed by atoms with Gasteiger partial charge in [0.05, 0.1) is 4.90 Å². The van der Waals surface area contributed by atoms with Gasteiger partial charge in [-0.15, -0.1) is 0 Å². The van der Waals surface area contributed by atoms with Gasteiger partial charge in [-0.2, -0.15) is 11.8 Å². The van der Waals surface area contributed by atoms with Crippen LogP contribution < -0.4 is 10.0 Å². The van der Waals surface area contributed by atoms with Crippen molar-refractivity contribution in [3.8, 4) is 0 Å². The molecule has 1 aliphatic rings. The summed E-state index contributed by atoms with van der Waals surface area (Å²) >= 11 is 1.83. The van der Waals surface area contributed by atoms with Crippen molar-refractivity contribution in [3.63, 3.8) is 0 Å². The quantitative estimate of drug-likeness (QED) is 0.759. The monoisotopic (exact) mass is 314 g/mol. The minimum Gasteiger partial charge on any atom is -0.384 e. The van der Waals surface area contributed by atoms with Gasteiger partial charge < -0.3 is 5.32 Å². The predicted octanol–water partition coefficient (Wildman–Crippen LogP) is 2.46. The van der Waals surface area contributed by atoms with Crippen molar-refractivity contribution in [2.75, 3.05) is 23.4 Å². The minimum absolute atomic E-state index is 0.0414. The number of benzene rings is 1. The van der Waals surface area contributed by atoms with Crippen molar-refractivity contribution in [2.45, 2.75) is 37.6 Å². The Kier molecular flexibility index (Phi) is 5.35. The van der Waals surface area contributed by atoms with Crippen LogP contribution in [0.5, 0.6) is 0 Å². The summed E-state index contributed by atoms with van der Waals surface area (Å²) in [6.45, 7) is 4.91. The Balaban J connectivity index is 2.03. The Morgan fingerprint density at radius 3 is 3.00 bits per heavy atom. The molecule has 0 saturated heterocycles. The van der Waals surface area contributed by atoms with Gasteiger partial charge in [-0.1, -0.05) is 13.0 Å². The first-order chi connectivity index (χ1) is 9.53. The largest absolute Gasteiger partial charge is 0.384 e. The third-order valence-electron chi connectivity index (χ3n) is 3.36.